The summed E-state index contributed by atoms with van der Waals surface area (Å²) in [4.78, 5) is 12.5. The van der Waals surface area contributed by atoms with Gasteiger partial charge in [0, 0.05) is 12.7 Å². The van der Waals surface area contributed by atoms with Gasteiger partial charge in [0.2, 0.25) is 0 Å². The second kappa shape index (κ2) is 6.75. The van der Waals surface area contributed by atoms with Gasteiger partial charge in [-0.1, -0.05) is 36.4 Å². The molecule has 3 heteroatoms. The van der Waals surface area contributed by atoms with Gasteiger partial charge in [-0.3, -0.25) is 4.79 Å². The van der Waals surface area contributed by atoms with Gasteiger partial charge in [-0.25, -0.2) is 0 Å². The molecule has 2 aromatic rings. The summed E-state index contributed by atoms with van der Waals surface area (Å²) < 4.78 is 5.13. The van der Waals surface area contributed by atoms with Crippen molar-refractivity contribution in [2.45, 2.75) is 31.9 Å². The minimum absolute atomic E-state index is 0.0142. The lowest BCUT2D eigenvalue weighted by atomic mass is 9.87. The second-order valence-electron chi connectivity index (χ2n) is 5.75. The van der Waals surface area contributed by atoms with Crippen molar-refractivity contribution in [3.8, 4) is 0 Å². The summed E-state index contributed by atoms with van der Waals surface area (Å²) in [5.41, 5.74) is 4.32. The predicted molar refractivity (Wildman–Crippen MR) is 86.7 cm³/mol. The first kappa shape index (κ1) is 14.8. The third-order valence-corrected chi connectivity index (χ3v) is 4.17. The maximum atomic E-state index is 12.5. The van der Waals surface area contributed by atoms with Gasteiger partial charge in [0.15, 0.2) is 0 Å². The third-order valence-electron chi connectivity index (χ3n) is 4.17. The van der Waals surface area contributed by atoms with Crippen LogP contribution >= 0.6 is 0 Å². The minimum atomic E-state index is -0.0142. The fourth-order valence-electron chi connectivity index (χ4n) is 3.11. The molecule has 1 aliphatic carbocycles. The molecule has 0 saturated carbocycles. The number of carbonyl (C=O) groups excluding carboxylic acids is 1. The molecular weight excluding hydrogens is 274 g/mol. The Balaban J connectivity index is 1.76. The average Bonchev–Trinajstić information content (AvgIpc) is 2.56. The molecule has 3 nitrogen and oxygen atoms in total. The summed E-state index contributed by atoms with van der Waals surface area (Å²) in [6, 6.07) is 16.1. The molecule has 1 amide bonds. The smallest absolute Gasteiger partial charge is 0.251 e. The Bertz CT molecular complexity index is 666. The first-order valence-corrected chi connectivity index (χ1v) is 7.74. The Kier molecular flexibility index (Phi) is 4.54. The van der Waals surface area contributed by atoms with E-state index in [0.29, 0.717) is 12.2 Å². The summed E-state index contributed by atoms with van der Waals surface area (Å²) in [5, 5.41) is 3.18. The fourth-order valence-corrected chi connectivity index (χ4v) is 3.11. The van der Waals surface area contributed by atoms with Crippen molar-refractivity contribution >= 4 is 5.91 Å². The summed E-state index contributed by atoms with van der Waals surface area (Å²) in [5.74, 6) is -0.0142. The molecule has 1 atom stereocenters. The molecule has 0 spiro atoms. The normalized spacial score (nSPS) is 16.9. The molecule has 0 aromatic heterocycles. The van der Waals surface area contributed by atoms with Crippen molar-refractivity contribution < 1.29 is 9.53 Å². The van der Waals surface area contributed by atoms with E-state index in [0.717, 1.165) is 24.8 Å². The topological polar surface area (TPSA) is 38.3 Å². The highest BCUT2D eigenvalue weighted by Crippen LogP contribution is 2.29. The quantitative estimate of drug-likeness (QED) is 0.935. The van der Waals surface area contributed by atoms with Gasteiger partial charge in [-0.05, 0) is 48.1 Å². The number of hydrogen-bond acceptors (Lipinski definition) is 2. The van der Waals surface area contributed by atoms with Gasteiger partial charge in [0.05, 0.1) is 12.6 Å². The molecule has 0 unspecified atom stereocenters. The van der Waals surface area contributed by atoms with Crippen LogP contribution in [0.3, 0.4) is 0 Å². The lowest BCUT2D eigenvalue weighted by Gasteiger charge is -2.26. The standard InChI is InChI=1S/C19H21NO2/c1-22-13-14-6-4-9-16(12-14)19(21)20-18-11-5-8-15-7-2-3-10-17(15)18/h2-4,6-7,9-10,12,18H,5,8,11,13H2,1H3,(H,20,21)/t18-/m0/s1. The van der Waals surface area contributed by atoms with Crippen LogP contribution in [0.15, 0.2) is 48.5 Å². The van der Waals surface area contributed by atoms with E-state index in [2.05, 4.69) is 23.5 Å². The third kappa shape index (κ3) is 3.20. The van der Waals surface area contributed by atoms with Gasteiger partial charge in [-0.2, -0.15) is 0 Å². The molecular formula is C19H21NO2. The van der Waals surface area contributed by atoms with Crippen LogP contribution in [-0.4, -0.2) is 13.0 Å². The van der Waals surface area contributed by atoms with Gasteiger partial charge in [0.1, 0.15) is 0 Å². The number of methoxy groups -OCH3 is 1. The number of amides is 1. The first-order chi connectivity index (χ1) is 10.8. The van der Waals surface area contributed by atoms with Crippen molar-refractivity contribution in [1.82, 2.24) is 5.32 Å². The Hall–Kier alpha value is -2.13. The van der Waals surface area contributed by atoms with E-state index in [1.54, 1.807) is 7.11 Å². The van der Waals surface area contributed by atoms with Crippen molar-refractivity contribution in [2.24, 2.45) is 0 Å². The van der Waals surface area contributed by atoms with Crippen LogP contribution in [0.25, 0.3) is 0 Å². The van der Waals surface area contributed by atoms with Crippen LogP contribution in [-0.2, 0) is 17.8 Å². The van der Waals surface area contributed by atoms with E-state index in [1.807, 2.05) is 30.3 Å². The van der Waals surface area contributed by atoms with E-state index in [-0.39, 0.29) is 11.9 Å². The molecule has 22 heavy (non-hydrogen) atoms. The summed E-state index contributed by atoms with van der Waals surface area (Å²) in [6.45, 7) is 0.521. The number of ether oxygens (including phenoxy) is 1. The predicted octanol–water partition coefficient (Wildman–Crippen LogP) is 3.64. The number of rotatable bonds is 4. The minimum Gasteiger partial charge on any atom is -0.380 e. The van der Waals surface area contributed by atoms with Crippen LogP contribution < -0.4 is 5.32 Å². The highest BCUT2D eigenvalue weighted by Gasteiger charge is 2.21. The molecule has 3 rings (SSSR count). The van der Waals surface area contributed by atoms with E-state index < -0.39 is 0 Å². The van der Waals surface area contributed by atoms with E-state index >= 15 is 0 Å². The Morgan fingerprint density at radius 2 is 2.09 bits per heavy atom. The van der Waals surface area contributed by atoms with Crippen molar-refractivity contribution in [1.29, 1.82) is 0 Å². The summed E-state index contributed by atoms with van der Waals surface area (Å²) >= 11 is 0. The van der Waals surface area contributed by atoms with Crippen LogP contribution in [0.5, 0.6) is 0 Å². The maximum Gasteiger partial charge on any atom is 0.251 e. The van der Waals surface area contributed by atoms with Crippen molar-refractivity contribution in [3.05, 3.63) is 70.8 Å². The highest BCUT2D eigenvalue weighted by atomic mass is 16.5. The van der Waals surface area contributed by atoms with Crippen LogP contribution in [0.4, 0.5) is 0 Å². The zero-order chi connectivity index (χ0) is 15.4. The maximum absolute atomic E-state index is 12.5. The van der Waals surface area contributed by atoms with Crippen molar-refractivity contribution in [3.63, 3.8) is 0 Å². The van der Waals surface area contributed by atoms with Gasteiger partial charge < -0.3 is 10.1 Å². The number of fused-ring (bicyclic) bond motifs is 1. The fraction of sp³-hybridized carbons (Fsp3) is 0.316. The van der Waals surface area contributed by atoms with E-state index in [9.17, 15) is 4.79 Å². The van der Waals surface area contributed by atoms with Gasteiger partial charge in [-0.15, -0.1) is 0 Å². The molecule has 0 heterocycles. The number of benzene rings is 2. The van der Waals surface area contributed by atoms with Gasteiger partial charge in [0.25, 0.3) is 5.91 Å². The molecule has 1 aliphatic rings. The largest absolute Gasteiger partial charge is 0.380 e. The zero-order valence-corrected chi connectivity index (χ0v) is 12.8. The molecule has 0 bridgehead atoms. The van der Waals surface area contributed by atoms with Crippen LogP contribution in [0.2, 0.25) is 0 Å². The Morgan fingerprint density at radius 3 is 2.95 bits per heavy atom. The number of hydrogen-bond donors (Lipinski definition) is 1. The first-order valence-electron chi connectivity index (χ1n) is 7.74. The molecule has 1 N–H and O–H groups in total. The van der Waals surface area contributed by atoms with Crippen LogP contribution in [0.1, 0.15) is 45.9 Å². The lowest BCUT2D eigenvalue weighted by molar-refractivity contribution is 0.0932. The molecule has 0 saturated heterocycles. The number of aryl methyl sites for hydroxylation is 1. The SMILES string of the molecule is COCc1cccc(C(=O)N[C@H]2CCCc3ccccc32)c1. The van der Waals surface area contributed by atoms with Crippen LogP contribution in [0, 0.1) is 0 Å². The molecule has 114 valence electrons. The molecule has 2 aromatic carbocycles. The van der Waals surface area contributed by atoms with E-state index in [4.69, 9.17) is 4.74 Å². The molecule has 0 aliphatic heterocycles. The number of carbonyl (C=O) groups is 1. The molecule has 0 radical (unpaired) electrons. The van der Waals surface area contributed by atoms with E-state index in [1.165, 1.54) is 11.1 Å². The summed E-state index contributed by atoms with van der Waals surface area (Å²) in [6.07, 6.45) is 3.22. The molecule has 0 fully saturated rings. The number of nitrogens with one attached hydrogen (secondary N) is 1. The van der Waals surface area contributed by atoms with Gasteiger partial charge >= 0.3 is 0 Å². The highest BCUT2D eigenvalue weighted by molar-refractivity contribution is 5.94. The zero-order valence-electron chi connectivity index (χ0n) is 12.8. The Morgan fingerprint density at radius 1 is 1.23 bits per heavy atom. The summed E-state index contributed by atoms with van der Waals surface area (Å²) in [7, 11) is 1.66. The second-order valence-corrected chi connectivity index (χ2v) is 5.75. The average molecular weight is 295 g/mol. The monoisotopic (exact) mass is 295 g/mol. The van der Waals surface area contributed by atoms with Crippen molar-refractivity contribution in [2.75, 3.05) is 7.11 Å². The lowest BCUT2D eigenvalue weighted by Crippen LogP contribution is -2.31. The Labute approximate surface area is 131 Å².